The Morgan fingerprint density at radius 2 is 2.32 bits per heavy atom. The van der Waals surface area contributed by atoms with E-state index >= 15 is 0 Å². The Labute approximate surface area is 115 Å². The van der Waals surface area contributed by atoms with E-state index in [1.807, 2.05) is 0 Å². The average Bonchev–Trinajstić information content (AvgIpc) is 2.87. The van der Waals surface area contributed by atoms with Crippen LogP contribution < -0.4 is 0 Å². The standard InChI is InChI=1S/C16H22N2O/c1-3-4-5-6-7-9-15-13-19-17-16(15)14-10-8-11-18(2)12-14/h10,13H,3-6,8,11-12H2,1-2H3. The van der Waals surface area contributed by atoms with Gasteiger partial charge in [0.05, 0.1) is 5.56 Å². The maximum atomic E-state index is 5.10. The summed E-state index contributed by atoms with van der Waals surface area (Å²) in [7, 11) is 2.13. The molecule has 102 valence electrons. The molecule has 1 aromatic rings. The Morgan fingerprint density at radius 1 is 1.42 bits per heavy atom. The van der Waals surface area contributed by atoms with E-state index in [0.717, 1.165) is 37.2 Å². The van der Waals surface area contributed by atoms with Crippen molar-refractivity contribution in [2.75, 3.05) is 20.1 Å². The van der Waals surface area contributed by atoms with Crippen LogP contribution in [-0.4, -0.2) is 30.2 Å². The van der Waals surface area contributed by atoms with E-state index in [1.54, 1.807) is 6.26 Å². The van der Waals surface area contributed by atoms with Gasteiger partial charge in [0, 0.05) is 19.5 Å². The predicted octanol–water partition coefficient (Wildman–Crippen LogP) is 3.33. The van der Waals surface area contributed by atoms with E-state index in [2.05, 4.69) is 41.9 Å². The van der Waals surface area contributed by atoms with Crippen molar-refractivity contribution in [3.05, 3.63) is 23.6 Å². The Kier molecular flexibility index (Phi) is 5.23. The quantitative estimate of drug-likeness (QED) is 0.613. The molecule has 0 spiro atoms. The van der Waals surface area contributed by atoms with Gasteiger partial charge in [0.15, 0.2) is 0 Å². The highest BCUT2D eigenvalue weighted by atomic mass is 16.5. The minimum atomic E-state index is 0.926. The second-order valence-electron chi connectivity index (χ2n) is 5.09. The van der Waals surface area contributed by atoms with Gasteiger partial charge in [0.2, 0.25) is 0 Å². The number of hydrogen-bond donors (Lipinski definition) is 0. The van der Waals surface area contributed by atoms with Crippen molar-refractivity contribution in [1.29, 1.82) is 0 Å². The lowest BCUT2D eigenvalue weighted by Crippen LogP contribution is -2.25. The summed E-state index contributed by atoms with van der Waals surface area (Å²) in [6.45, 7) is 4.24. The molecule has 0 aromatic carbocycles. The molecule has 0 N–H and O–H groups in total. The van der Waals surface area contributed by atoms with Crippen LogP contribution in [0.3, 0.4) is 0 Å². The molecule has 0 saturated heterocycles. The molecule has 1 aliphatic heterocycles. The van der Waals surface area contributed by atoms with Crippen molar-refractivity contribution in [2.45, 2.75) is 39.0 Å². The number of aromatic nitrogens is 1. The summed E-state index contributed by atoms with van der Waals surface area (Å²) in [6, 6.07) is 0. The molecule has 0 unspecified atom stereocenters. The van der Waals surface area contributed by atoms with Crippen LogP contribution in [0.4, 0.5) is 0 Å². The summed E-state index contributed by atoms with van der Waals surface area (Å²) in [5.41, 5.74) is 3.09. The number of hydrogen-bond acceptors (Lipinski definition) is 3. The predicted molar refractivity (Wildman–Crippen MR) is 77.6 cm³/mol. The monoisotopic (exact) mass is 258 g/mol. The summed E-state index contributed by atoms with van der Waals surface area (Å²) in [5.74, 6) is 6.42. The minimum Gasteiger partial charge on any atom is -0.363 e. The number of nitrogens with zero attached hydrogens (tertiary/aromatic N) is 2. The molecular weight excluding hydrogens is 236 g/mol. The van der Waals surface area contributed by atoms with Gasteiger partial charge in [0.25, 0.3) is 0 Å². The molecule has 0 atom stereocenters. The van der Waals surface area contributed by atoms with Crippen molar-refractivity contribution in [3.63, 3.8) is 0 Å². The molecule has 0 aliphatic carbocycles. The first kappa shape index (κ1) is 13.9. The zero-order valence-electron chi connectivity index (χ0n) is 11.9. The Morgan fingerprint density at radius 3 is 3.11 bits per heavy atom. The lowest BCUT2D eigenvalue weighted by molar-refractivity contribution is 0.369. The van der Waals surface area contributed by atoms with Gasteiger partial charge in [0.1, 0.15) is 12.0 Å². The van der Waals surface area contributed by atoms with Crippen molar-refractivity contribution in [1.82, 2.24) is 10.1 Å². The van der Waals surface area contributed by atoms with Crippen LogP contribution in [0, 0.1) is 11.8 Å². The molecule has 1 aromatic heterocycles. The molecule has 0 radical (unpaired) electrons. The van der Waals surface area contributed by atoms with Crippen LogP contribution in [0.15, 0.2) is 16.9 Å². The number of rotatable bonds is 4. The molecule has 0 bridgehead atoms. The van der Waals surface area contributed by atoms with E-state index in [-0.39, 0.29) is 0 Å². The summed E-state index contributed by atoms with van der Waals surface area (Å²) in [4.78, 5) is 2.29. The summed E-state index contributed by atoms with van der Waals surface area (Å²) < 4.78 is 5.10. The van der Waals surface area contributed by atoms with Crippen molar-refractivity contribution in [2.24, 2.45) is 0 Å². The smallest absolute Gasteiger partial charge is 0.140 e. The molecule has 2 heterocycles. The normalized spacial score (nSPS) is 15.8. The van der Waals surface area contributed by atoms with Crippen LogP contribution in [0.2, 0.25) is 0 Å². The second kappa shape index (κ2) is 7.16. The largest absolute Gasteiger partial charge is 0.363 e. The van der Waals surface area contributed by atoms with Crippen molar-refractivity contribution < 1.29 is 4.52 Å². The number of likely N-dealkylation sites (N-methyl/N-ethyl adjacent to an activating group) is 1. The van der Waals surface area contributed by atoms with Crippen molar-refractivity contribution >= 4 is 5.57 Å². The molecule has 2 rings (SSSR count). The second-order valence-corrected chi connectivity index (χ2v) is 5.09. The fourth-order valence-corrected chi connectivity index (χ4v) is 2.24. The fourth-order valence-electron chi connectivity index (χ4n) is 2.24. The zero-order valence-corrected chi connectivity index (χ0v) is 11.9. The molecular formula is C16H22N2O. The summed E-state index contributed by atoms with van der Waals surface area (Å²) >= 11 is 0. The first-order valence-electron chi connectivity index (χ1n) is 7.12. The van der Waals surface area contributed by atoms with E-state index < -0.39 is 0 Å². The lowest BCUT2D eigenvalue weighted by atomic mass is 10.0. The maximum absolute atomic E-state index is 5.10. The number of unbranched alkanes of at least 4 members (excludes halogenated alkanes) is 3. The van der Waals surface area contributed by atoms with Gasteiger partial charge in [-0.25, -0.2) is 0 Å². The van der Waals surface area contributed by atoms with Crippen LogP contribution in [-0.2, 0) is 0 Å². The van der Waals surface area contributed by atoms with Gasteiger partial charge in [-0.2, -0.15) is 0 Å². The van der Waals surface area contributed by atoms with Gasteiger partial charge in [-0.1, -0.05) is 42.8 Å². The summed E-state index contributed by atoms with van der Waals surface area (Å²) in [5, 5.41) is 4.12. The van der Waals surface area contributed by atoms with E-state index in [1.165, 1.54) is 24.8 Å². The van der Waals surface area contributed by atoms with Gasteiger partial charge in [-0.15, -0.1) is 0 Å². The molecule has 19 heavy (non-hydrogen) atoms. The highest BCUT2D eigenvalue weighted by Crippen LogP contribution is 2.21. The highest BCUT2D eigenvalue weighted by Gasteiger charge is 2.16. The third kappa shape index (κ3) is 3.97. The third-order valence-corrected chi connectivity index (χ3v) is 3.34. The van der Waals surface area contributed by atoms with E-state index in [4.69, 9.17) is 4.52 Å². The third-order valence-electron chi connectivity index (χ3n) is 3.34. The van der Waals surface area contributed by atoms with Crippen molar-refractivity contribution in [3.8, 4) is 11.8 Å². The molecule has 0 amide bonds. The zero-order chi connectivity index (χ0) is 13.5. The topological polar surface area (TPSA) is 29.3 Å². The fraction of sp³-hybridized carbons (Fsp3) is 0.562. The lowest BCUT2D eigenvalue weighted by Gasteiger charge is -2.21. The Bertz CT molecular complexity index is 490. The summed E-state index contributed by atoms with van der Waals surface area (Å²) in [6.07, 6.45) is 9.60. The molecule has 1 aliphatic rings. The van der Waals surface area contributed by atoms with Crippen LogP contribution in [0.1, 0.15) is 50.3 Å². The molecule has 0 fully saturated rings. The van der Waals surface area contributed by atoms with E-state index in [0.29, 0.717) is 0 Å². The highest BCUT2D eigenvalue weighted by molar-refractivity contribution is 5.69. The van der Waals surface area contributed by atoms with Gasteiger partial charge >= 0.3 is 0 Å². The Hall–Kier alpha value is -1.53. The van der Waals surface area contributed by atoms with Crippen LogP contribution in [0.25, 0.3) is 5.57 Å². The first-order chi connectivity index (χ1) is 9.31. The van der Waals surface area contributed by atoms with Gasteiger partial charge in [-0.05, 0) is 25.5 Å². The van der Waals surface area contributed by atoms with Gasteiger partial charge < -0.3 is 9.42 Å². The first-order valence-corrected chi connectivity index (χ1v) is 7.12. The van der Waals surface area contributed by atoms with Gasteiger partial charge in [-0.3, -0.25) is 0 Å². The minimum absolute atomic E-state index is 0.926. The molecule has 3 heteroatoms. The molecule has 3 nitrogen and oxygen atoms in total. The average molecular weight is 258 g/mol. The SMILES string of the molecule is CCCCCC#Cc1conc1C1=CCCN(C)C1. The Balaban J connectivity index is 2.03. The van der Waals surface area contributed by atoms with E-state index in [9.17, 15) is 0 Å². The van der Waals surface area contributed by atoms with Crippen LogP contribution in [0.5, 0.6) is 0 Å². The molecule has 0 saturated carbocycles. The maximum Gasteiger partial charge on any atom is 0.140 e. The van der Waals surface area contributed by atoms with Crippen LogP contribution >= 0.6 is 0 Å².